The summed E-state index contributed by atoms with van der Waals surface area (Å²) in [7, 11) is 0. The second-order valence-corrected chi connectivity index (χ2v) is 4.68. The second kappa shape index (κ2) is 6.61. The number of benzene rings is 1. The Morgan fingerprint density at radius 1 is 0.913 bits per heavy atom. The van der Waals surface area contributed by atoms with Gasteiger partial charge in [-0.3, -0.25) is 19.6 Å². The first-order chi connectivity index (χ1) is 11.2. The van der Waals surface area contributed by atoms with Gasteiger partial charge in [-0.1, -0.05) is 12.1 Å². The molecule has 0 aliphatic rings. The number of carbonyl (C=O) groups excluding carboxylic acids is 2. The molecule has 0 unspecified atom stereocenters. The first kappa shape index (κ1) is 14.6. The van der Waals surface area contributed by atoms with E-state index in [-0.39, 0.29) is 18.4 Å². The summed E-state index contributed by atoms with van der Waals surface area (Å²) in [6, 6.07) is 10.3. The normalized spacial score (nSPS) is 10.3. The number of nitrogens with zero attached hydrogens (tertiary/aromatic N) is 3. The highest BCUT2D eigenvalue weighted by Crippen LogP contribution is 2.13. The van der Waals surface area contributed by atoms with Gasteiger partial charge >= 0.3 is 0 Å². The van der Waals surface area contributed by atoms with Gasteiger partial charge in [0, 0.05) is 18.6 Å². The Balaban J connectivity index is 1.66. The molecule has 2 aromatic heterocycles. The molecule has 0 fully saturated rings. The van der Waals surface area contributed by atoms with Gasteiger partial charge < -0.3 is 10.6 Å². The van der Waals surface area contributed by atoms with Crippen LogP contribution in [0.25, 0.3) is 11.0 Å². The van der Waals surface area contributed by atoms with Gasteiger partial charge in [0.2, 0.25) is 5.91 Å². The van der Waals surface area contributed by atoms with Crippen LogP contribution in [-0.2, 0) is 4.79 Å². The fourth-order valence-electron chi connectivity index (χ4n) is 2.06. The van der Waals surface area contributed by atoms with Crippen LogP contribution >= 0.6 is 0 Å². The summed E-state index contributed by atoms with van der Waals surface area (Å²) in [6.07, 6.45) is 4.65. The molecule has 23 heavy (non-hydrogen) atoms. The number of para-hydroxylation sites is 1. The topological polar surface area (TPSA) is 96.9 Å². The fraction of sp³-hybridized carbons (Fsp3) is 0.0625. The number of aromatic nitrogens is 3. The Morgan fingerprint density at radius 3 is 2.61 bits per heavy atom. The zero-order chi connectivity index (χ0) is 16.1. The van der Waals surface area contributed by atoms with Crippen LogP contribution in [0.15, 0.2) is 55.0 Å². The van der Waals surface area contributed by atoms with Gasteiger partial charge in [-0.15, -0.1) is 0 Å². The Labute approximate surface area is 131 Å². The zero-order valence-electron chi connectivity index (χ0n) is 12.1. The van der Waals surface area contributed by atoms with Gasteiger partial charge in [0.1, 0.15) is 11.3 Å². The molecule has 0 atom stereocenters. The second-order valence-electron chi connectivity index (χ2n) is 4.68. The fourth-order valence-corrected chi connectivity index (χ4v) is 2.06. The molecular weight excluding hydrogens is 294 g/mol. The summed E-state index contributed by atoms with van der Waals surface area (Å²) < 4.78 is 0. The summed E-state index contributed by atoms with van der Waals surface area (Å²) in [5.74, 6) is -0.307. The summed E-state index contributed by atoms with van der Waals surface area (Å²) >= 11 is 0. The number of nitrogens with one attached hydrogen (secondary N) is 2. The summed E-state index contributed by atoms with van der Waals surface area (Å²) in [5.41, 5.74) is 1.50. The van der Waals surface area contributed by atoms with Crippen LogP contribution in [0.2, 0.25) is 0 Å². The molecular formula is C16H13N5O2. The molecule has 0 saturated carbocycles. The van der Waals surface area contributed by atoms with E-state index in [1.165, 1.54) is 6.20 Å². The first-order valence-electron chi connectivity index (χ1n) is 6.93. The summed E-state index contributed by atoms with van der Waals surface area (Å²) in [6.45, 7) is -0.161. The molecule has 0 bridgehead atoms. The highest BCUT2D eigenvalue weighted by molar-refractivity contribution is 6.06. The van der Waals surface area contributed by atoms with Crippen LogP contribution in [0.4, 0.5) is 5.82 Å². The SMILES string of the molecule is O=C(CNC(=O)c1cccc2nccnc12)Nc1ccccn1. The molecule has 0 aliphatic heterocycles. The monoisotopic (exact) mass is 307 g/mol. The number of hydrogen-bond donors (Lipinski definition) is 2. The van der Waals surface area contributed by atoms with E-state index < -0.39 is 0 Å². The van der Waals surface area contributed by atoms with Crippen LogP contribution in [0.1, 0.15) is 10.4 Å². The molecule has 0 saturated heterocycles. The van der Waals surface area contributed by atoms with E-state index >= 15 is 0 Å². The molecule has 0 radical (unpaired) electrons. The Morgan fingerprint density at radius 2 is 1.78 bits per heavy atom. The van der Waals surface area contributed by atoms with Crippen LogP contribution in [-0.4, -0.2) is 33.3 Å². The third-order valence-corrected chi connectivity index (χ3v) is 3.09. The molecule has 1 aromatic carbocycles. The van der Waals surface area contributed by atoms with Crippen molar-refractivity contribution in [2.45, 2.75) is 0 Å². The van der Waals surface area contributed by atoms with Gasteiger partial charge in [0.05, 0.1) is 17.6 Å². The number of fused-ring (bicyclic) bond motifs is 1. The summed E-state index contributed by atoms with van der Waals surface area (Å²) in [4.78, 5) is 36.3. The number of pyridine rings is 1. The molecule has 0 spiro atoms. The Hall–Kier alpha value is -3.35. The van der Waals surface area contributed by atoms with Crippen molar-refractivity contribution < 1.29 is 9.59 Å². The van der Waals surface area contributed by atoms with E-state index in [1.54, 1.807) is 48.8 Å². The highest BCUT2D eigenvalue weighted by atomic mass is 16.2. The number of carbonyl (C=O) groups is 2. The number of hydrogen-bond acceptors (Lipinski definition) is 5. The van der Waals surface area contributed by atoms with E-state index in [0.717, 1.165) is 0 Å². The number of anilines is 1. The van der Waals surface area contributed by atoms with Crippen molar-refractivity contribution in [3.05, 3.63) is 60.6 Å². The molecule has 7 nitrogen and oxygen atoms in total. The van der Waals surface area contributed by atoms with Crippen molar-refractivity contribution in [1.29, 1.82) is 0 Å². The van der Waals surface area contributed by atoms with Gasteiger partial charge in [-0.2, -0.15) is 0 Å². The lowest BCUT2D eigenvalue weighted by Gasteiger charge is -2.07. The van der Waals surface area contributed by atoms with Gasteiger partial charge in [-0.25, -0.2) is 4.98 Å². The van der Waals surface area contributed by atoms with Crippen molar-refractivity contribution in [1.82, 2.24) is 20.3 Å². The molecule has 0 aliphatic carbocycles. The van der Waals surface area contributed by atoms with E-state index in [9.17, 15) is 9.59 Å². The van der Waals surface area contributed by atoms with Gasteiger partial charge in [-0.05, 0) is 24.3 Å². The Bertz CT molecular complexity index is 846. The highest BCUT2D eigenvalue weighted by Gasteiger charge is 2.12. The van der Waals surface area contributed by atoms with E-state index in [1.807, 2.05) is 0 Å². The number of amides is 2. The average Bonchev–Trinajstić information content (AvgIpc) is 2.60. The standard InChI is InChI=1S/C16H13N5O2/c22-14(21-13-6-1-2-7-18-13)10-20-16(23)11-4-3-5-12-15(11)19-9-8-17-12/h1-9H,10H2,(H,20,23)(H,18,21,22). The van der Waals surface area contributed by atoms with E-state index in [2.05, 4.69) is 25.6 Å². The minimum atomic E-state index is -0.382. The lowest BCUT2D eigenvalue weighted by molar-refractivity contribution is -0.115. The molecule has 2 amide bonds. The maximum Gasteiger partial charge on any atom is 0.253 e. The third-order valence-electron chi connectivity index (χ3n) is 3.09. The van der Waals surface area contributed by atoms with Crippen LogP contribution in [0.3, 0.4) is 0 Å². The average molecular weight is 307 g/mol. The molecule has 114 valence electrons. The third kappa shape index (κ3) is 3.46. The zero-order valence-corrected chi connectivity index (χ0v) is 12.1. The molecule has 3 rings (SSSR count). The summed E-state index contributed by atoms with van der Waals surface area (Å²) in [5, 5.41) is 5.16. The lowest BCUT2D eigenvalue weighted by Crippen LogP contribution is -2.33. The van der Waals surface area contributed by atoms with E-state index in [0.29, 0.717) is 22.4 Å². The van der Waals surface area contributed by atoms with Crippen LogP contribution in [0, 0.1) is 0 Å². The maximum atomic E-state index is 12.2. The first-order valence-corrected chi connectivity index (χ1v) is 6.93. The van der Waals surface area contributed by atoms with E-state index in [4.69, 9.17) is 0 Å². The van der Waals surface area contributed by atoms with Gasteiger partial charge in [0.25, 0.3) is 5.91 Å². The number of rotatable bonds is 4. The van der Waals surface area contributed by atoms with Crippen LogP contribution < -0.4 is 10.6 Å². The van der Waals surface area contributed by atoms with Gasteiger partial charge in [0.15, 0.2) is 0 Å². The minimum absolute atomic E-state index is 0.161. The van der Waals surface area contributed by atoms with Crippen molar-refractivity contribution in [2.75, 3.05) is 11.9 Å². The molecule has 2 N–H and O–H groups in total. The van der Waals surface area contributed by atoms with Crippen molar-refractivity contribution in [3.63, 3.8) is 0 Å². The Kier molecular flexibility index (Phi) is 4.19. The maximum absolute atomic E-state index is 12.2. The smallest absolute Gasteiger partial charge is 0.253 e. The molecule has 7 heteroatoms. The predicted molar refractivity (Wildman–Crippen MR) is 84.7 cm³/mol. The molecule has 3 aromatic rings. The molecule has 2 heterocycles. The van der Waals surface area contributed by atoms with Crippen LogP contribution in [0.5, 0.6) is 0 Å². The minimum Gasteiger partial charge on any atom is -0.343 e. The lowest BCUT2D eigenvalue weighted by atomic mass is 10.1. The van der Waals surface area contributed by atoms with Crippen molar-refractivity contribution >= 4 is 28.7 Å². The van der Waals surface area contributed by atoms with Crippen molar-refractivity contribution in [2.24, 2.45) is 0 Å². The predicted octanol–water partition coefficient (Wildman–Crippen LogP) is 1.39. The largest absolute Gasteiger partial charge is 0.343 e. The quantitative estimate of drug-likeness (QED) is 0.759. The van der Waals surface area contributed by atoms with Crippen molar-refractivity contribution in [3.8, 4) is 0 Å².